The molecule has 1 fully saturated rings. The minimum absolute atomic E-state index is 0.881. The van der Waals surface area contributed by atoms with E-state index in [1.54, 1.807) is 0 Å². The summed E-state index contributed by atoms with van der Waals surface area (Å²) in [6.45, 7) is 2.00. The molecule has 1 aromatic rings. The van der Waals surface area contributed by atoms with Crippen LogP contribution in [0.25, 0.3) is 0 Å². The molecule has 15 heavy (non-hydrogen) atoms. The molecule has 0 bridgehead atoms. The molecule has 2 rings (SSSR count). The van der Waals surface area contributed by atoms with E-state index in [0.717, 1.165) is 29.3 Å². The molecule has 3 heteroatoms. The number of hydrogen-bond acceptors (Lipinski definition) is 2. The molecule has 1 saturated carbocycles. The van der Waals surface area contributed by atoms with Gasteiger partial charge < -0.3 is 5.32 Å². The van der Waals surface area contributed by atoms with E-state index in [4.69, 9.17) is 0 Å². The quantitative estimate of drug-likeness (QED) is 0.656. The molecule has 1 N–H and O–H groups in total. The number of nitrogens with zero attached hydrogens (tertiary/aromatic N) is 1. The number of halogens is 1. The third-order valence-electron chi connectivity index (χ3n) is 3.03. The summed E-state index contributed by atoms with van der Waals surface area (Å²) in [5.74, 6) is 0.993. The van der Waals surface area contributed by atoms with Crippen molar-refractivity contribution in [2.45, 2.75) is 32.2 Å². The zero-order chi connectivity index (χ0) is 10.5. The van der Waals surface area contributed by atoms with Crippen LogP contribution in [-0.2, 0) is 6.54 Å². The van der Waals surface area contributed by atoms with Crippen molar-refractivity contribution >= 4 is 15.9 Å². The van der Waals surface area contributed by atoms with Crippen LogP contribution in [-0.4, -0.2) is 11.5 Å². The van der Waals surface area contributed by atoms with Gasteiger partial charge in [0.25, 0.3) is 0 Å². The average molecular weight is 269 g/mol. The Bertz CT molecular complexity index is 310. The van der Waals surface area contributed by atoms with Gasteiger partial charge in [-0.05, 0) is 46.9 Å². The van der Waals surface area contributed by atoms with Crippen molar-refractivity contribution in [1.29, 1.82) is 0 Å². The van der Waals surface area contributed by atoms with Crippen molar-refractivity contribution in [2.75, 3.05) is 6.54 Å². The van der Waals surface area contributed by atoms with Crippen LogP contribution in [0.4, 0.5) is 0 Å². The molecule has 0 spiro atoms. The minimum Gasteiger partial charge on any atom is -0.311 e. The first-order valence-electron chi connectivity index (χ1n) is 5.67. The Morgan fingerprint density at radius 1 is 1.40 bits per heavy atom. The fourth-order valence-corrected chi connectivity index (χ4v) is 2.23. The maximum atomic E-state index is 4.38. The average Bonchev–Trinajstić information content (AvgIpc) is 2.15. The van der Waals surface area contributed by atoms with Gasteiger partial charge in [-0.25, -0.2) is 4.98 Å². The van der Waals surface area contributed by atoms with Crippen molar-refractivity contribution in [3.05, 3.63) is 28.5 Å². The third kappa shape index (κ3) is 3.58. The highest BCUT2D eigenvalue weighted by Gasteiger charge is 2.16. The van der Waals surface area contributed by atoms with E-state index in [0.29, 0.717) is 0 Å². The highest BCUT2D eigenvalue weighted by atomic mass is 79.9. The standard InChI is InChI=1S/C12H17BrN2/c13-12-6-2-5-11(15-12)9-14-8-7-10-3-1-4-10/h2,5-6,10,14H,1,3-4,7-9H2. The van der Waals surface area contributed by atoms with Gasteiger partial charge in [0.15, 0.2) is 0 Å². The molecule has 0 saturated heterocycles. The van der Waals surface area contributed by atoms with Gasteiger partial charge in [0.2, 0.25) is 0 Å². The highest BCUT2D eigenvalue weighted by molar-refractivity contribution is 9.10. The van der Waals surface area contributed by atoms with Crippen LogP contribution in [0, 0.1) is 5.92 Å². The summed E-state index contributed by atoms with van der Waals surface area (Å²) in [6.07, 6.45) is 5.65. The lowest BCUT2D eigenvalue weighted by molar-refractivity contribution is 0.292. The first kappa shape index (κ1) is 11.1. The first-order chi connectivity index (χ1) is 7.34. The van der Waals surface area contributed by atoms with Crippen LogP contribution in [0.15, 0.2) is 22.8 Å². The Morgan fingerprint density at radius 3 is 2.93 bits per heavy atom. The molecule has 1 aromatic heterocycles. The second-order valence-corrected chi connectivity index (χ2v) is 5.03. The lowest BCUT2D eigenvalue weighted by atomic mass is 9.83. The summed E-state index contributed by atoms with van der Waals surface area (Å²) in [5, 5.41) is 3.44. The third-order valence-corrected chi connectivity index (χ3v) is 3.47. The van der Waals surface area contributed by atoms with E-state index in [2.05, 4.69) is 32.3 Å². The SMILES string of the molecule is Brc1cccc(CNCCC2CCC2)n1. The number of hydrogen-bond donors (Lipinski definition) is 1. The van der Waals surface area contributed by atoms with Gasteiger partial charge in [-0.1, -0.05) is 25.3 Å². The largest absolute Gasteiger partial charge is 0.311 e. The molecule has 1 aliphatic rings. The van der Waals surface area contributed by atoms with Crippen molar-refractivity contribution < 1.29 is 0 Å². The predicted molar refractivity (Wildman–Crippen MR) is 65.6 cm³/mol. The van der Waals surface area contributed by atoms with Gasteiger partial charge in [-0.2, -0.15) is 0 Å². The summed E-state index contributed by atoms with van der Waals surface area (Å²) in [4.78, 5) is 4.38. The van der Waals surface area contributed by atoms with Crippen LogP contribution >= 0.6 is 15.9 Å². The molecule has 2 nitrogen and oxygen atoms in total. The Balaban J connectivity index is 1.64. The van der Waals surface area contributed by atoms with E-state index in [1.807, 2.05) is 12.1 Å². The van der Waals surface area contributed by atoms with Crippen molar-refractivity contribution in [2.24, 2.45) is 5.92 Å². The molecule has 0 aromatic carbocycles. The van der Waals surface area contributed by atoms with Gasteiger partial charge in [0, 0.05) is 6.54 Å². The van der Waals surface area contributed by atoms with Crippen LogP contribution in [0.5, 0.6) is 0 Å². The second kappa shape index (κ2) is 5.61. The minimum atomic E-state index is 0.881. The van der Waals surface area contributed by atoms with Crippen LogP contribution in [0.3, 0.4) is 0 Å². The van der Waals surface area contributed by atoms with Crippen molar-refractivity contribution in [1.82, 2.24) is 10.3 Å². The summed E-state index contributed by atoms with van der Waals surface area (Å²) >= 11 is 3.38. The summed E-state index contributed by atoms with van der Waals surface area (Å²) < 4.78 is 0.917. The summed E-state index contributed by atoms with van der Waals surface area (Å²) in [7, 11) is 0. The van der Waals surface area contributed by atoms with E-state index in [9.17, 15) is 0 Å². The second-order valence-electron chi connectivity index (χ2n) is 4.21. The Hall–Kier alpha value is -0.410. The van der Waals surface area contributed by atoms with Crippen LogP contribution in [0.2, 0.25) is 0 Å². The Labute approximate surface area is 99.6 Å². The molecular weight excluding hydrogens is 252 g/mol. The smallest absolute Gasteiger partial charge is 0.106 e. The fourth-order valence-electron chi connectivity index (χ4n) is 1.85. The van der Waals surface area contributed by atoms with Gasteiger partial charge in [0.1, 0.15) is 4.60 Å². The molecule has 0 amide bonds. The fraction of sp³-hybridized carbons (Fsp3) is 0.583. The van der Waals surface area contributed by atoms with Crippen molar-refractivity contribution in [3.63, 3.8) is 0 Å². The lowest BCUT2D eigenvalue weighted by Gasteiger charge is -2.25. The molecule has 1 aliphatic carbocycles. The molecule has 82 valence electrons. The molecule has 0 atom stereocenters. The molecular formula is C12H17BrN2. The molecule has 0 radical (unpaired) electrons. The zero-order valence-electron chi connectivity index (χ0n) is 8.88. The van der Waals surface area contributed by atoms with E-state index >= 15 is 0 Å². The van der Waals surface area contributed by atoms with Crippen molar-refractivity contribution in [3.8, 4) is 0 Å². The normalized spacial score (nSPS) is 16.3. The zero-order valence-corrected chi connectivity index (χ0v) is 10.5. The molecule has 0 aliphatic heterocycles. The number of pyridine rings is 1. The van der Waals surface area contributed by atoms with Gasteiger partial charge >= 0.3 is 0 Å². The van der Waals surface area contributed by atoms with E-state index in [1.165, 1.54) is 25.7 Å². The van der Waals surface area contributed by atoms with Gasteiger partial charge in [-0.15, -0.1) is 0 Å². The van der Waals surface area contributed by atoms with Crippen LogP contribution in [0.1, 0.15) is 31.4 Å². The Kier molecular flexibility index (Phi) is 4.15. The van der Waals surface area contributed by atoms with Gasteiger partial charge in [0.05, 0.1) is 5.69 Å². The highest BCUT2D eigenvalue weighted by Crippen LogP contribution is 2.28. The number of nitrogens with one attached hydrogen (secondary N) is 1. The Morgan fingerprint density at radius 2 is 2.27 bits per heavy atom. The summed E-state index contributed by atoms with van der Waals surface area (Å²) in [6, 6.07) is 6.04. The lowest BCUT2D eigenvalue weighted by Crippen LogP contribution is -2.21. The number of aromatic nitrogens is 1. The predicted octanol–water partition coefficient (Wildman–Crippen LogP) is 3.12. The van der Waals surface area contributed by atoms with E-state index < -0.39 is 0 Å². The number of rotatable bonds is 5. The van der Waals surface area contributed by atoms with Crippen LogP contribution < -0.4 is 5.32 Å². The maximum absolute atomic E-state index is 4.38. The summed E-state index contributed by atoms with van der Waals surface area (Å²) in [5.41, 5.74) is 1.11. The molecule has 1 heterocycles. The first-order valence-corrected chi connectivity index (χ1v) is 6.46. The molecule has 0 unspecified atom stereocenters. The monoisotopic (exact) mass is 268 g/mol. The van der Waals surface area contributed by atoms with Gasteiger partial charge in [-0.3, -0.25) is 0 Å². The maximum Gasteiger partial charge on any atom is 0.106 e. The topological polar surface area (TPSA) is 24.9 Å². The van der Waals surface area contributed by atoms with E-state index in [-0.39, 0.29) is 0 Å².